The number of rotatable bonds is 6. The van der Waals surface area contributed by atoms with Gasteiger partial charge in [-0.2, -0.15) is 13.2 Å². The van der Waals surface area contributed by atoms with Crippen molar-refractivity contribution in [3.8, 4) is 16.9 Å². The number of anilines is 1. The molecule has 190 valence electrons. The number of carbonyl (C=O) groups is 1. The number of nitrogens with one attached hydrogen (secondary N) is 1. The van der Waals surface area contributed by atoms with Gasteiger partial charge in [0.1, 0.15) is 0 Å². The molecule has 3 N–H and O–H groups in total. The van der Waals surface area contributed by atoms with Gasteiger partial charge in [0.2, 0.25) is 0 Å². The van der Waals surface area contributed by atoms with E-state index in [0.29, 0.717) is 30.0 Å². The summed E-state index contributed by atoms with van der Waals surface area (Å²) in [6.07, 6.45) is -2.49. The standard InChI is InChI=1S/C27H29F3N4O2/c1-17-15-34(16-18(2)33-17)26(35)21-8-6-20(7-9-21)22-13-24(25(31)32-14-22)36-11-10-19-4-3-5-23(12-19)27(28,29)30/h3-9,12-14,17-18,33H,10-11,15-16H2,1-2H3,(H2,31,32). The molecule has 4 rings (SSSR count). The lowest BCUT2D eigenvalue weighted by Crippen LogP contribution is -2.55. The summed E-state index contributed by atoms with van der Waals surface area (Å²) < 4.78 is 44.5. The Balaban J connectivity index is 1.41. The quantitative estimate of drug-likeness (QED) is 0.511. The van der Waals surface area contributed by atoms with Gasteiger partial charge in [-0.15, -0.1) is 0 Å². The van der Waals surface area contributed by atoms with Crippen LogP contribution in [0.4, 0.5) is 19.0 Å². The summed E-state index contributed by atoms with van der Waals surface area (Å²) >= 11 is 0. The normalized spacial score (nSPS) is 18.2. The van der Waals surface area contributed by atoms with Gasteiger partial charge in [-0.1, -0.05) is 30.3 Å². The van der Waals surface area contributed by atoms with Gasteiger partial charge >= 0.3 is 6.18 Å². The largest absolute Gasteiger partial charge is 0.489 e. The first-order chi connectivity index (χ1) is 17.1. The zero-order valence-electron chi connectivity index (χ0n) is 20.2. The number of carbonyl (C=O) groups excluding carboxylic acids is 1. The fraction of sp³-hybridized carbons (Fsp3) is 0.333. The van der Waals surface area contributed by atoms with Crippen molar-refractivity contribution in [2.24, 2.45) is 0 Å². The third kappa shape index (κ3) is 6.15. The number of hydrogen-bond acceptors (Lipinski definition) is 5. The maximum absolute atomic E-state index is 12.9. The lowest BCUT2D eigenvalue weighted by Gasteiger charge is -2.36. The summed E-state index contributed by atoms with van der Waals surface area (Å²) in [6, 6.07) is 14.7. The third-order valence-electron chi connectivity index (χ3n) is 6.09. The van der Waals surface area contributed by atoms with E-state index in [0.717, 1.165) is 23.3 Å². The number of nitrogens with zero attached hydrogens (tertiary/aromatic N) is 2. The second-order valence-electron chi connectivity index (χ2n) is 9.16. The molecule has 0 radical (unpaired) electrons. The lowest BCUT2D eigenvalue weighted by atomic mass is 10.0. The number of hydrogen-bond donors (Lipinski definition) is 2. The Morgan fingerprint density at radius 2 is 1.78 bits per heavy atom. The van der Waals surface area contributed by atoms with E-state index in [1.807, 2.05) is 17.0 Å². The topological polar surface area (TPSA) is 80.5 Å². The molecule has 9 heteroatoms. The molecule has 1 amide bonds. The Morgan fingerprint density at radius 1 is 1.08 bits per heavy atom. The molecule has 3 aromatic rings. The third-order valence-corrected chi connectivity index (χ3v) is 6.09. The fourth-order valence-corrected chi connectivity index (χ4v) is 4.39. The molecule has 1 aliphatic rings. The summed E-state index contributed by atoms with van der Waals surface area (Å²) in [6.45, 7) is 5.59. The van der Waals surface area contributed by atoms with Gasteiger partial charge in [0.25, 0.3) is 5.91 Å². The number of nitrogen functional groups attached to an aromatic ring is 1. The summed E-state index contributed by atoms with van der Waals surface area (Å²) in [5.41, 5.74) is 7.98. The molecule has 0 spiro atoms. The van der Waals surface area contributed by atoms with Gasteiger partial charge in [-0.05, 0) is 49.2 Å². The van der Waals surface area contributed by atoms with Crippen molar-refractivity contribution >= 4 is 11.7 Å². The highest BCUT2D eigenvalue weighted by atomic mass is 19.4. The van der Waals surface area contributed by atoms with Gasteiger partial charge in [0.15, 0.2) is 11.6 Å². The summed E-state index contributed by atoms with van der Waals surface area (Å²) in [7, 11) is 0. The molecule has 0 saturated carbocycles. The number of benzene rings is 2. The van der Waals surface area contributed by atoms with Crippen LogP contribution < -0.4 is 15.8 Å². The van der Waals surface area contributed by atoms with Crippen LogP contribution in [0.15, 0.2) is 60.8 Å². The summed E-state index contributed by atoms with van der Waals surface area (Å²) in [4.78, 5) is 19.0. The van der Waals surface area contributed by atoms with E-state index in [2.05, 4.69) is 24.1 Å². The molecule has 0 aliphatic carbocycles. The van der Waals surface area contributed by atoms with Crippen LogP contribution >= 0.6 is 0 Å². The number of halogens is 3. The van der Waals surface area contributed by atoms with Gasteiger partial charge < -0.3 is 20.7 Å². The first-order valence-corrected chi connectivity index (χ1v) is 11.8. The van der Waals surface area contributed by atoms with Gasteiger partial charge in [0.05, 0.1) is 12.2 Å². The van der Waals surface area contributed by atoms with Crippen LogP contribution in [-0.2, 0) is 12.6 Å². The minimum atomic E-state index is -4.39. The van der Waals surface area contributed by atoms with Crippen molar-refractivity contribution in [3.05, 3.63) is 77.5 Å². The fourth-order valence-electron chi connectivity index (χ4n) is 4.39. The average Bonchev–Trinajstić information content (AvgIpc) is 2.84. The van der Waals surface area contributed by atoms with Crippen molar-refractivity contribution in [1.82, 2.24) is 15.2 Å². The molecular weight excluding hydrogens is 469 g/mol. The van der Waals surface area contributed by atoms with Crippen LogP contribution in [0.5, 0.6) is 5.75 Å². The van der Waals surface area contributed by atoms with E-state index in [4.69, 9.17) is 10.5 Å². The maximum Gasteiger partial charge on any atom is 0.416 e. The smallest absolute Gasteiger partial charge is 0.416 e. The van der Waals surface area contributed by atoms with E-state index < -0.39 is 11.7 Å². The van der Waals surface area contributed by atoms with Gasteiger partial charge in [-0.25, -0.2) is 4.98 Å². The first-order valence-electron chi connectivity index (χ1n) is 11.8. The zero-order valence-corrected chi connectivity index (χ0v) is 20.2. The molecule has 2 unspecified atom stereocenters. The molecule has 1 saturated heterocycles. The average molecular weight is 499 g/mol. The molecule has 1 aromatic heterocycles. The Hall–Kier alpha value is -3.59. The molecule has 2 atom stereocenters. The number of nitrogens with two attached hydrogens (primary N) is 1. The number of aromatic nitrogens is 1. The number of ether oxygens (including phenoxy) is 1. The second-order valence-corrected chi connectivity index (χ2v) is 9.16. The van der Waals surface area contributed by atoms with E-state index in [-0.39, 0.29) is 36.8 Å². The highest BCUT2D eigenvalue weighted by Crippen LogP contribution is 2.30. The van der Waals surface area contributed by atoms with E-state index >= 15 is 0 Å². The molecule has 1 aliphatic heterocycles. The predicted molar refractivity (Wildman–Crippen MR) is 133 cm³/mol. The van der Waals surface area contributed by atoms with Crippen molar-refractivity contribution < 1.29 is 22.7 Å². The summed E-state index contributed by atoms with van der Waals surface area (Å²) in [5, 5.41) is 3.42. The molecular formula is C27H29F3N4O2. The first kappa shape index (κ1) is 25.5. The molecule has 36 heavy (non-hydrogen) atoms. The molecule has 2 heterocycles. The van der Waals surface area contributed by atoms with Crippen LogP contribution in [0.1, 0.15) is 35.3 Å². The van der Waals surface area contributed by atoms with Gasteiger partial charge in [0, 0.05) is 48.9 Å². The Morgan fingerprint density at radius 3 is 2.44 bits per heavy atom. The van der Waals surface area contributed by atoms with Crippen LogP contribution in [0.25, 0.3) is 11.1 Å². The van der Waals surface area contributed by atoms with E-state index in [9.17, 15) is 18.0 Å². The summed E-state index contributed by atoms with van der Waals surface area (Å²) in [5.74, 6) is 0.538. The predicted octanol–water partition coefficient (Wildman–Crippen LogP) is 4.79. The van der Waals surface area contributed by atoms with Crippen molar-refractivity contribution in [2.75, 3.05) is 25.4 Å². The SMILES string of the molecule is CC1CN(C(=O)c2ccc(-c3cnc(N)c(OCCc4cccc(C(F)(F)F)c4)c3)cc2)CC(C)N1. The molecule has 1 fully saturated rings. The van der Waals surface area contributed by atoms with E-state index in [1.54, 1.807) is 30.5 Å². The molecule has 2 aromatic carbocycles. The zero-order chi connectivity index (χ0) is 25.9. The lowest BCUT2D eigenvalue weighted by molar-refractivity contribution is -0.137. The minimum absolute atomic E-state index is 0.00389. The van der Waals surface area contributed by atoms with Crippen LogP contribution in [0.2, 0.25) is 0 Å². The Kier molecular flexibility index (Phi) is 7.49. The van der Waals surface area contributed by atoms with Gasteiger partial charge in [-0.3, -0.25) is 4.79 Å². The Bertz CT molecular complexity index is 1200. The maximum atomic E-state index is 12.9. The molecule has 0 bridgehead atoms. The van der Waals surface area contributed by atoms with E-state index in [1.165, 1.54) is 6.07 Å². The highest BCUT2D eigenvalue weighted by Gasteiger charge is 2.30. The molecule has 6 nitrogen and oxygen atoms in total. The monoisotopic (exact) mass is 498 g/mol. The van der Waals surface area contributed by atoms with Crippen molar-refractivity contribution in [2.45, 2.75) is 38.5 Å². The van der Waals surface area contributed by atoms with Crippen LogP contribution in [-0.4, -0.2) is 47.6 Å². The number of pyridine rings is 1. The van der Waals surface area contributed by atoms with Crippen molar-refractivity contribution in [1.29, 1.82) is 0 Å². The van der Waals surface area contributed by atoms with Crippen LogP contribution in [0.3, 0.4) is 0 Å². The highest BCUT2D eigenvalue weighted by molar-refractivity contribution is 5.95. The Labute approximate surface area is 208 Å². The number of piperazine rings is 1. The minimum Gasteiger partial charge on any atom is -0.489 e. The van der Waals surface area contributed by atoms with Crippen LogP contribution in [0, 0.1) is 0 Å². The number of alkyl halides is 3. The second kappa shape index (κ2) is 10.6. The van der Waals surface area contributed by atoms with Crippen molar-refractivity contribution in [3.63, 3.8) is 0 Å². The number of amides is 1.